The Bertz CT molecular complexity index is 805. The number of nitrogens with one attached hydrogen (secondary N) is 2. The molecule has 1 aromatic heterocycles. The molecular weight excluding hydrogens is 260 g/mol. The van der Waals surface area contributed by atoms with Crippen LogP contribution in [-0.2, 0) is 11.2 Å². The van der Waals surface area contributed by atoms with E-state index in [2.05, 4.69) is 10.3 Å². The maximum atomic E-state index is 12.0. The molecule has 0 aliphatic carbocycles. The second-order valence-corrected chi connectivity index (χ2v) is 4.81. The molecule has 7 heteroatoms. The van der Waals surface area contributed by atoms with Crippen LogP contribution in [0.3, 0.4) is 0 Å². The van der Waals surface area contributed by atoms with Crippen molar-refractivity contribution in [2.75, 3.05) is 13.1 Å². The number of hydrogen-bond donors (Lipinski definition) is 3. The molecule has 0 spiro atoms. The van der Waals surface area contributed by atoms with Gasteiger partial charge in [0.05, 0.1) is 23.5 Å². The summed E-state index contributed by atoms with van der Waals surface area (Å²) in [6, 6.07) is 5.18. The van der Waals surface area contributed by atoms with Gasteiger partial charge in [0, 0.05) is 6.54 Å². The van der Waals surface area contributed by atoms with Crippen molar-refractivity contribution in [2.45, 2.75) is 12.5 Å². The van der Waals surface area contributed by atoms with Gasteiger partial charge in [-0.15, -0.1) is 0 Å². The predicted octanol–water partition coefficient (Wildman–Crippen LogP) is -1.14. The summed E-state index contributed by atoms with van der Waals surface area (Å²) < 4.78 is 1.54. The largest absolute Gasteiger partial charge is 0.353 e. The lowest BCUT2D eigenvalue weighted by Gasteiger charge is -2.14. The number of carbonyl (C=O) groups excluding carboxylic acids is 1. The average Bonchev–Trinajstić information content (AvgIpc) is 2.81. The molecule has 1 aliphatic rings. The number of amides is 1. The molecule has 0 radical (unpaired) electrons. The van der Waals surface area contributed by atoms with E-state index >= 15 is 0 Å². The molecule has 0 saturated heterocycles. The SMILES string of the molecule is NCC(=O)NCC1Cc2cccc3c(=O)[nH]c(=O)n1c23. The van der Waals surface area contributed by atoms with Gasteiger partial charge in [0.25, 0.3) is 5.56 Å². The van der Waals surface area contributed by atoms with E-state index in [4.69, 9.17) is 5.73 Å². The normalized spacial score (nSPS) is 16.6. The lowest BCUT2D eigenvalue weighted by Crippen LogP contribution is -2.38. The first-order chi connectivity index (χ1) is 9.61. The highest BCUT2D eigenvalue weighted by Gasteiger charge is 2.26. The molecule has 0 saturated carbocycles. The van der Waals surface area contributed by atoms with E-state index in [1.54, 1.807) is 16.7 Å². The molecule has 1 aromatic carbocycles. The first-order valence-electron chi connectivity index (χ1n) is 6.35. The number of para-hydroxylation sites is 1. The molecule has 2 heterocycles. The molecule has 3 rings (SSSR count). The summed E-state index contributed by atoms with van der Waals surface area (Å²) >= 11 is 0. The Balaban J connectivity index is 2.08. The zero-order chi connectivity index (χ0) is 14.3. The maximum absolute atomic E-state index is 12.0. The summed E-state index contributed by atoms with van der Waals surface area (Å²) in [4.78, 5) is 37.4. The van der Waals surface area contributed by atoms with Crippen molar-refractivity contribution in [3.8, 4) is 0 Å². The molecule has 0 fully saturated rings. The first-order valence-corrected chi connectivity index (χ1v) is 6.35. The first kappa shape index (κ1) is 12.6. The van der Waals surface area contributed by atoms with Gasteiger partial charge in [0.2, 0.25) is 5.91 Å². The Hall–Kier alpha value is -2.41. The van der Waals surface area contributed by atoms with Gasteiger partial charge in [-0.3, -0.25) is 19.1 Å². The van der Waals surface area contributed by atoms with Gasteiger partial charge in [0.1, 0.15) is 0 Å². The zero-order valence-electron chi connectivity index (χ0n) is 10.7. The van der Waals surface area contributed by atoms with Crippen LogP contribution < -0.4 is 22.3 Å². The average molecular weight is 274 g/mol. The van der Waals surface area contributed by atoms with Gasteiger partial charge in [-0.25, -0.2) is 4.79 Å². The van der Waals surface area contributed by atoms with Gasteiger partial charge in [-0.1, -0.05) is 12.1 Å². The van der Waals surface area contributed by atoms with Gasteiger partial charge in [-0.2, -0.15) is 0 Å². The second-order valence-electron chi connectivity index (χ2n) is 4.81. The minimum atomic E-state index is -0.445. The Morgan fingerprint density at radius 1 is 1.45 bits per heavy atom. The van der Waals surface area contributed by atoms with E-state index in [-0.39, 0.29) is 24.1 Å². The smallest absolute Gasteiger partial charge is 0.329 e. The molecule has 2 aromatic rings. The van der Waals surface area contributed by atoms with Crippen molar-refractivity contribution in [3.05, 3.63) is 44.6 Å². The van der Waals surface area contributed by atoms with E-state index < -0.39 is 5.69 Å². The summed E-state index contributed by atoms with van der Waals surface area (Å²) in [7, 11) is 0. The number of nitrogens with two attached hydrogens (primary N) is 1. The molecule has 7 nitrogen and oxygen atoms in total. The molecule has 0 bridgehead atoms. The fourth-order valence-electron chi connectivity index (χ4n) is 2.71. The molecule has 104 valence electrons. The van der Waals surface area contributed by atoms with Crippen LogP contribution in [0.4, 0.5) is 0 Å². The summed E-state index contributed by atoms with van der Waals surface area (Å²) in [5.41, 5.74) is 6.02. The number of hydrogen-bond acceptors (Lipinski definition) is 4. The monoisotopic (exact) mass is 274 g/mol. The number of aromatic nitrogens is 2. The van der Waals surface area contributed by atoms with Crippen LogP contribution in [0.15, 0.2) is 27.8 Å². The fourth-order valence-corrected chi connectivity index (χ4v) is 2.71. The number of benzene rings is 1. The minimum absolute atomic E-state index is 0.0877. The third-order valence-corrected chi connectivity index (χ3v) is 3.59. The predicted molar refractivity (Wildman–Crippen MR) is 73.6 cm³/mol. The number of carbonyl (C=O) groups is 1. The van der Waals surface area contributed by atoms with E-state index in [0.29, 0.717) is 23.9 Å². The van der Waals surface area contributed by atoms with Crippen molar-refractivity contribution in [3.63, 3.8) is 0 Å². The van der Waals surface area contributed by atoms with Gasteiger partial charge < -0.3 is 11.1 Å². The van der Waals surface area contributed by atoms with E-state index in [1.807, 2.05) is 6.07 Å². The van der Waals surface area contributed by atoms with Crippen LogP contribution >= 0.6 is 0 Å². The van der Waals surface area contributed by atoms with Crippen molar-refractivity contribution < 1.29 is 4.79 Å². The van der Waals surface area contributed by atoms with E-state index in [9.17, 15) is 14.4 Å². The van der Waals surface area contributed by atoms with Crippen LogP contribution in [-0.4, -0.2) is 28.5 Å². The highest BCUT2D eigenvalue weighted by atomic mass is 16.2. The van der Waals surface area contributed by atoms with Crippen LogP contribution in [0.5, 0.6) is 0 Å². The van der Waals surface area contributed by atoms with Crippen LogP contribution in [0.1, 0.15) is 11.6 Å². The number of rotatable bonds is 3. The number of H-pyrrole nitrogens is 1. The third-order valence-electron chi connectivity index (χ3n) is 3.59. The maximum Gasteiger partial charge on any atom is 0.329 e. The summed E-state index contributed by atoms with van der Waals surface area (Å²) in [6.45, 7) is 0.224. The highest BCUT2D eigenvalue weighted by Crippen LogP contribution is 2.28. The Labute approximate surface area is 113 Å². The summed E-state index contributed by atoms with van der Waals surface area (Å²) in [5.74, 6) is -0.269. The Morgan fingerprint density at radius 3 is 3.00 bits per heavy atom. The third kappa shape index (κ3) is 1.83. The van der Waals surface area contributed by atoms with Crippen molar-refractivity contribution in [1.82, 2.24) is 14.9 Å². The number of nitrogens with zero attached hydrogens (tertiary/aromatic N) is 1. The molecule has 20 heavy (non-hydrogen) atoms. The minimum Gasteiger partial charge on any atom is -0.353 e. The van der Waals surface area contributed by atoms with Crippen molar-refractivity contribution >= 4 is 16.8 Å². The molecule has 1 atom stereocenters. The van der Waals surface area contributed by atoms with Gasteiger partial charge in [0.15, 0.2) is 0 Å². The fraction of sp³-hybridized carbons (Fsp3) is 0.308. The van der Waals surface area contributed by atoms with Crippen LogP contribution in [0.25, 0.3) is 10.9 Å². The van der Waals surface area contributed by atoms with E-state index in [1.165, 1.54) is 0 Å². The van der Waals surface area contributed by atoms with Crippen molar-refractivity contribution in [1.29, 1.82) is 0 Å². The van der Waals surface area contributed by atoms with Gasteiger partial charge >= 0.3 is 5.69 Å². The Morgan fingerprint density at radius 2 is 2.25 bits per heavy atom. The molecule has 4 N–H and O–H groups in total. The Kier molecular flexibility index (Phi) is 2.90. The lowest BCUT2D eigenvalue weighted by atomic mass is 10.1. The van der Waals surface area contributed by atoms with Gasteiger partial charge in [-0.05, 0) is 18.1 Å². The van der Waals surface area contributed by atoms with Crippen molar-refractivity contribution in [2.24, 2.45) is 5.73 Å². The molecule has 1 aliphatic heterocycles. The summed E-state index contributed by atoms with van der Waals surface area (Å²) in [6.07, 6.45) is 0.606. The van der Waals surface area contributed by atoms with Crippen LogP contribution in [0, 0.1) is 0 Å². The number of aromatic amines is 1. The topological polar surface area (TPSA) is 110 Å². The lowest BCUT2D eigenvalue weighted by molar-refractivity contribution is -0.119. The zero-order valence-corrected chi connectivity index (χ0v) is 10.7. The van der Waals surface area contributed by atoms with Crippen LogP contribution in [0.2, 0.25) is 0 Å². The quantitative estimate of drug-likeness (QED) is 0.657. The van der Waals surface area contributed by atoms with E-state index in [0.717, 1.165) is 5.56 Å². The highest BCUT2D eigenvalue weighted by molar-refractivity contribution is 5.83. The molecule has 1 unspecified atom stereocenters. The molecular formula is C13H14N4O3. The standard InChI is InChI=1S/C13H14N4O3/c14-5-10(18)15-6-8-4-7-2-1-3-9-11(7)17(8)13(20)16-12(9)19/h1-3,8H,4-6,14H2,(H,15,18)(H,16,19,20). The second kappa shape index (κ2) is 4.61. The summed E-state index contributed by atoms with van der Waals surface area (Å²) in [5, 5.41) is 3.17. The molecule has 1 amide bonds.